The molecule has 20 heteroatoms. The van der Waals surface area contributed by atoms with Crippen LogP contribution in [0.4, 0.5) is 4.79 Å². The van der Waals surface area contributed by atoms with Gasteiger partial charge in [-0.2, -0.15) is 0 Å². The minimum Gasteiger partial charge on any atom is -0.449 e. The molecule has 1 unspecified atom stereocenters. The fourth-order valence-corrected chi connectivity index (χ4v) is 12.1. The van der Waals surface area contributed by atoms with Crippen LogP contribution in [0.1, 0.15) is 95.9 Å². The first kappa shape index (κ1) is 67.5. The predicted octanol–water partition coefficient (Wildman–Crippen LogP) is 11.0. The van der Waals surface area contributed by atoms with Gasteiger partial charge in [0.1, 0.15) is 31.7 Å². The number of carbonyl (C=O) groups excluding carboxylic acids is 4. The molecule has 1 aliphatic carbocycles. The molecule has 94 heavy (non-hydrogen) atoms. The monoisotopic (exact) mass is 1290 g/mol. The van der Waals surface area contributed by atoms with E-state index < -0.39 is 36.1 Å². The number of aromatic nitrogens is 6. The average molecular weight is 1290 g/mol. The van der Waals surface area contributed by atoms with Crippen LogP contribution >= 0.6 is 11.6 Å². The summed E-state index contributed by atoms with van der Waals surface area (Å²) in [5.41, 5.74) is 12.2. The third-order valence-corrected chi connectivity index (χ3v) is 16.8. The van der Waals surface area contributed by atoms with Crippen LogP contribution in [0.25, 0.3) is 33.6 Å². The highest BCUT2D eigenvalue weighted by Gasteiger charge is 2.41. The van der Waals surface area contributed by atoms with E-state index in [9.17, 15) is 19.2 Å². The van der Waals surface area contributed by atoms with E-state index in [1.165, 1.54) is 11.1 Å². The maximum Gasteiger partial charge on any atom is 0.407 e. The lowest BCUT2D eigenvalue weighted by atomic mass is 9.77. The van der Waals surface area contributed by atoms with Crippen LogP contribution in [0, 0.1) is 6.92 Å². The van der Waals surface area contributed by atoms with Crippen molar-refractivity contribution in [1.29, 1.82) is 0 Å². The Morgan fingerprint density at radius 1 is 0.596 bits per heavy atom. The maximum atomic E-state index is 13.8. The molecule has 0 radical (unpaired) electrons. The van der Waals surface area contributed by atoms with Crippen molar-refractivity contribution in [3.8, 4) is 33.6 Å². The summed E-state index contributed by atoms with van der Waals surface area (Å²) in [7, 11) is 0. The molecule has 0 fully saturated rings. The van der Waals surface area contributed by atoms with Crippen molar-refractivity contribution in [3.63, 3.8) is 0 Å². The van der Waals surface area contributed by atoms with E-state index in [1.807, 2.05) is 85.8 Å². The summed E-state index contributed by atoms with van der Waals surface area (Å²) in [6.07, 6.45) is 3.03. The van der Waals surface area contributed by atoms with Gasteiger partial charge in [0.25, 0.3) is 0 Å². The van der Waals surface area contributed by atoms with Crippen LogP contribution < -0.4 is 21.3 Å². The summed E-state index contributed by atoms with van der Waals surface area (Å²) in [6.45, 7) is 8.49. The van der Waals surface area contributed by atoms with Crippen molar-refractivity contribution in [2.24, 2.45) is 0 Å². The number of unbranched alkanes of at least 4 members (excludes halogenated alkanes) is 1. The molecule has 0 saturated heterocycles. The number of amides is 4. The van der Waals surface area contributed by atoms with Gasteiger partial charge in [0, 0.05) is 37.5 Å². The van der Waals surface area contributed by atoms with Crippen LogP contribution in [-0.2, 0) is 63.1 Å². The zero-order valence-electron chi connectivity index (χ0n) is 53.4. The predicted molar refractivity (Wildman–Crippen MR) is 361 cm³/mol. The third-order valence-electron chi connectivity index (χ3n) is 16.5. The second-order valence-electron chi connectivity index (χ2n) is 23.0. The maximum absolute atomic E-state index is 13.8. The van der Waals surface area contributed by atoms with Gasteiger partial charge in [0.2, 0.25) is 23.5 Å². The normalized spacial score (nSPS) is 12.2. The number of imidazole rings is 1. The molecule has 9 aromatic rings. The van der Waals surface area contributed by atoms with Crippen LogP contribution in [0.3, 0.4) is 0 Å². The van der Waals surface area contributed by atoms with Crippen LogP contribution in [-0.4, -0.2) is 132 Å². The summed E-state index contributed by atoms with van der Waals surface area (Å²) < 4.78 is 29.7. The molecule has 4 amide bonds. The molecule has 7 aromatic carbocycles. The van der Waals surface area contributed by atoms with Gasteiger partial charge in [-0.25, -0.2) is 9.78 Å². The summed E-state index contributed by atoms with van der Waals surface area (Å²) in [6, 6.07) is 61.0. The van der Waals surface area contributed by atoms with Gasteiger partial charge >= 0.3 is 6.09 Å². The molecule has 1 aliphatic rings. The van der Waals surface area contributed by atoms with Crippen molar-refractivity contribution in [2.75, 3.05) is 72.6 Å². The van der Waals surface area contributed by atoms with Crippen LogP contribution in [0.2, 0.25) is 5.15 Å². The van der Waals surface area contributed by atoms with Gasteiger partial charge < -0.3 is 49.5 Å². The molecular weight excluding hydrogens is 1210 g/mol. The molecule has 2 aromatic heterocycles. The van der Waals surface area contributed by atoms with Crippen LogP contribution in [0.5, 0.6) is 0 Å². The van der Waals surface area contributed by atoms with Crippen molar-refractivity contribution in [2.45, 2.75) is 83.5 Å². The Labute approximate surface area is 553 Å². The Hall–Kier alpha value is -9.37. The highest BCUT2D eigenvalue weighted by atomic mass is 35.5. The lowest BCUT2D eigenvalue weighted by molar-refractivity contribution is -0.134. The molecule has 1 atom stereocenters. The number of nitrogens with one attached hydrogen (secondary N) is 4. The van der Waals surface area contributed by atoms with Gasteiger partial charge in [-0.05, 0) is 80.6 Å². The van der Waals surface area contributed by atoms with Gasteiger partial charge in [-0.15, -0.1) is 15.0 Å². The zero-order valence-corrected chi connectivity index (χ0v) is 54.2. The second-order valence-corrected chi connectivity index (χ2v) is 23.3. The Bertz CT molecular complexity index is 3840. The largest absolute Gasteiger partial charge is 0.449 e. The molecule has 488 valence electrons. The molecule has 0 bridgehead atoms. The zero-order chi connectivity index (χ0) is 65.5. The molecule has 2 heterocycles. The van der Waals surface area contributed by atoms with E-state index in [0.717, 1.165) is 74.3 Å². The minimum atomic E-state index is -0.933. The van der Waals surface area contributed by atoms with E-state index in [4.69, 9.17) is 55.7 Å². The van der Waals surface area contributed by atoms with Crippen LogP contribution in [0.15, 0.2) is 182 Å². The summed E-state index contributed by atoms with van der Waals surface area (Å²) in [5, 5.41) is 26.3. The van der Waals surface area contributed by atoms with Crippen molar-refractivity contribution in [3.05, 3.63) is 238 Å². The van der Waals surface area contributed by atoms with Gasteiger partial charge in [-0.1, -0.05) is 226 Å². The quantitative estimate of drug-likeness (QED) is 0.0215. The number of ether oxygens (including phenoxy) is 5. The van der Waals surface area contributed by atoms with Crippen molar-refractivity contribution in [1.82, 2.24) is 51.0 Å². The lowest BCUT2D eigenvalue weighted by Crippen LogP contribution is -2.47. The molecule has 4 N–H and O–H groups in total. The average Bonchev–Trinajstić information content (AvgIpc) is 1.33. The molecule has 0 aliphatic heterocycles. The van der Waals surface area contributed by atoms with Gasteiger partial charge in [0.05, 0.1) is 51.9 Å². The Morgan fingerprint density at radius 2 is 1.16 bits per heavy atom. The topological polar surface area (TPSA) is 224 Å². The highest BCUT2D eigenvalue weighted by Crippen LogP contribution is 2.45. The number of aryl methyl sites for hydroxylation is 2. The molecule has 19 nitrogen and oxygen atoms in total. The number of nitrogens with zero attached hydrogens (tertiary/aromatic N) is 6. The number of rotatable bonds is 35. The first-order valence-corrected chi connectivity index (χ1v) is 32.6. The summed E-state index contributed by atoms with van der Waals surface area (Å²) in [5.74, 6) is -0.0669. The number of benzene rings is 7. The van der Waals surface area contributed by atoms with Crippen molar-refractivity contribution < 1.29 is 42.9 Å². The first-order chi connectivity index (χ1) is 46.0. The fourth-order valence-electron chi connectivity index (χ4n) is 11.8. The third kappa shape index (κ3) is 17.1. The highest BCUT2D eigenvalue weighted by molar-refractivity contribution is 6.30. The first-order valence-electron chi connectivity index (χ1n) is 32.2. The number of carbonyl (C=O) groups is 4. The summed E-state index contributed by atoms with van der Waals surface area (Å²) >= 11 is 6.89. The van der Waals surface area contributed by atoms with Crippen molar-refractivity contribution >= 4 is 35.4 Å². The van der Waals surface area contributed by atoms with Gasteiger partial charge in [-0.3, -0.25) is 14.4 Å². The second kappa shape index (κ2) is 34.0. The Kier molecular flexibility index (Phi) is 24.4. The van der Waals surface area contributed by atoms with E-state index in [1.54, 1.807) is 4.80 Å². The number of hydrogen-bond donors (Lipinski definition) is 4. The molecular formula is C74H81ClN10O9. The molecule has 10 rings (SSSR count). The molecule has 0 saturated carbocycles. The Balaban J connectivity index is 0.644. The smallest absolute Gasteiger partial charge is 0.407 e. The molecule has 0 spiro atoms. The number of hydrogen-bond acceptors (Lipinski definition) is 13. The number of fused-ring (bicyclic) bond motifs is 3. The van der Waals surface area contributed by atoms with E-state index >= 15 is 0 Å². The summed E-state index contributed by atoms with van der Waals surface area (Å²) in [4.78, 5) is 58.3. The standard InChI is InChI=1S/C74H81ClN10O9/c1-4-6-30-67-80-70(75)66(84(67)48-53-33-35-54(36-34-53)58-24-13-18-29-63(58)71-81-83-85(82-71)74(55-20-9-7-10-21-55,56-22-11-8-12-23-56)57-37-31-52(3)32-38-57)47-78-72(88)65(19-5-2)79-69(87)51-93-50-68(86)76-39-41-90-43-45-92-46-44-91-42-40-77-73(89)94-49-64-61-27-16-14-25-59(61)60-26-15-17-28-62(60)64/h7-18,20-29,31-38,64-65H,4-6,19,30,39-51H2,1-3H3,(H,76,86)(H,77,89)(H,78,88)(H,79,87). The van der Waals surface area contributed by atoms with E-state index in [0.29, 0.717) is 82.1 Å². The minimum absolute atomic E-state index is 0.00722. The number of alkyl carbamates (subject to hydrolysis) is 1. The number of halogens is 1. The lowest BCUT2D eigenvalue weighted by Gasteiger charge is -2.34. The van der Waals surface area contributed by atoms with Gasteiger partial charge in [0.15, 0.2) is 10.7 Å². The number of tetrazole rings is 1. The Morgan fingerprint density at radius 3 is 1.79 bits per heavy atom. The SMILES string of the molecule is CCCCc1nc(Cl)c(CNC(=O)C(CCC)NC(=O)COCC(=O)NCCOCCOCCOCCNC(=O)OCC2c3ccccc3-c3ccccc32)n1Cc1ccc(-c2ccccc2-c2nnn(C(c3ccccc3)(c3ccccc3)c3ccc(C)cc3)n2)cc1. The fraction of sp³-hybridized carbons (Fsp3) is 0.324. The van der Waals surface area contributed by atoms with E-state index in [-0.39, 0.29) is 44.7 Å². The van der Waals surface area contributed by atoms with E-state index in [2.05, 4.69) is 143 Å².